The van der Waals surface area contributed by atoms with Crippen LogP contribution in [0.25, 0.3) is 0 Å². The largest absolute Gasteiger partial charge is 0.423 e. The molecule has 0 saturated carbocycles. The van der Waals surface area contributed by atoms with Crippen LogP contribution in [0.1, 0.15) is 28.8 Å². The number of esters is 1. The van der Waals surface area contributed by atoms with Gasteiger partial charge in [-0.25, -0.2) is 10.2 Å². The van der Waals surface area contributed by atoms with E-state index in [4.69, 9.17) is 14.5 Å². The Morgan fingerprint density at radius 1 is 0.944 bits per heavy atom. The van der Waals surface area contributed by atoms with E-state index >= 15 is 0 Å². The van der Waals surface area contributed by atoms with Crippen molar-refractivity contribution in [3.05, 3.63) is 63.2 Å². The Kier molecular flexibility index (Phi) is 7.86. The summed E-state index contributed by atoms with van der Waals surface area (Å²) in [5.74, 6) is 1.77. The van der Waals surface area contributed by atoms with E-state index in [1.807, 2.05) is 30.3 Å². The number of hydrazone groups is 1. The second-order valence-electron chi connectivity index (χ2n) is 8.36. The second kappa shape index (κ2) is 11.6. The van der Waals surface area contributed by atoms with Gasteiger partial charge in [0.25, 0.3) is 0 Å². The van der Waals surface area contributed by atoms with Gasteiger partial charge in [0, 0.05) is 29.7 Å². The van der Waals surface area contributed by atoms with Crippen molar-refractivity contribution in [1.29, 1.82) is 0 Å². The predicted molar refractivity (Wildman–Crippen MR) is 146 cm³/mol. The summed E-state index contributed by atoms with van der Waals surface area (Å²) in [6.45, 7) is 4.67. The first-order valence-electron chi connectivity index (χ1n) is 11.9. The van der Waals surface area contributed by atoms with Gasteiger partial charge < -0.3 is 19.3 Å². The highest BCUT2D eigenvalue weighted by Crippen LogP contribution is 2.21. The van der Waals surface area contributed by atoms with Crippen LogP contribution in [0.5, 0.6) is 5.75 Å². The lowest BCUT2D eigenvalue weighted by atomic mass is 10.2. The van der Waals surface area contributed by atoms with Crippen LogP contribution in [-0.2, 0) is 4.74 Å². The predicted octanol–water partition coefficient (Wildman–Crippen LogP) is 3.58. The lowest BCUT2D eigenvalue weighted by Gasteiger charge is -2.27. The summed E-state index contributed by atoms with van der Waals surface area (Å²) in [5.41, 5.74) is 4.32. The number of morpholine rings is 1. The Labute approximate surface area is 222 Å². The molecule has 2 aromatic carbocycles. The van der Waals surface area contributed by atoms with Gasteiger partial charge in [-0.3, -0.25) is 0 Å². The summed E-state index contributed by atoms with van der Waals surface area (Å²) in [4.78, 5) is 30.6. The van der Waals surface area contributed by atoms with Crippen molar-refractivity contribution < 1.29 is 14.3 Å². The van der Waals surface area contributed by atoms with Crippen LogP contribution >= 0.6 is 22.6 Å². The number of hydrogen-bond donors (Lipinski definition) is 1. The maximum Gasteiger partial charge on any atom is 0.344 e. The van der Waals surface area contributed by atoms with Crippen LogP contribution in [0, 0.1) is 3.57 Å². The zero-order valence-electron chi connectivity index (χ0n) is 19.6. The Bertz CT molecular complexity index is 1230. The van der Waals surface area contributed by atoms with E-state index in [9.17, 15) is 4.79 Å². The normalized spacial score (nSPS) is 15.9. The van der Waals surface area contributed by atoms with Gasteiger partial charge in [0.2, 0.25) is 17.8 Å². The topological polar surface area (TPSA) is 105 Å². The molecule has 0 amide bonds. The van der Waals surface area contributed by atoms with Crippen molar-refractivity contribution in [2.75, 3.05) is 54.6 Å². The fraction of sp³-hybridized carbons (Fsp3) is 0.320. The molecule has 0 unspecified atom stereocenters. The molecular formula is C25H26IN7O3. The molecule has 5 rings (SSSR count). The Hall–Kier alpha value is -3.32. The monoisotopic (exact) mass is 599 g/mol. The molecule has 0 atom stereocenters. The molecule has 0 radical (unpaired) electrons. The first kappa shape index (κ1) is 24.4. The molecular weight excluding hydrogens is 573 g/mol. The van der Waals surface area contributed by atoms with E-state index in [-0.39, 0.29) is 5.97 Å². The third-order valence-electron chi connectivity index (χ3n) is 5.86. The van der Waals surface area contributed by atoms with Gasteiger partial charge in [-0.15, -0.1) is 0 Å². The number of carbonyl (C=O) groups is 1. The summed E-state index contributed by atoms with van der Waals surface area (Å²) in [5, 5.41) is 4.32. The van der Waals surface area contributed by atoms with Gasteiger partial charge in [0.1, 0.15) is 5.75 Å². The van der Waals surface area contributed by atoms with Crippen molar-refractivity contribution in [3.63, 3.8) is 0 Å². The number of aromatic nitrogens is 3. The molecule has 186 valence electrons. The number of anilines is 3. The second-order valence-corrected chi connectivity index (χ2v) is 9.52. The van der Waals surface area contributed by atoms with Crippen LogP contribution in [-0.4, -0.2) is 66.5 Å². The minimum absolute atomic E-state index is 0.386. The lowest BCUT2D eigenvalue weighted by Crippen LogP contribution is -2.38. The molecule has 36 heavy (non-hydrogen) atoms. The number of halogens is 1. The molecule has 0 bridgehead atoms. The van der Waals surface area contributed by atoms with Gasteiger partial charge in [-0.1, -0.05) is 12.1 Å². The summed E-state index contributed by atoms with van der Waals surface area (Å²) in [6, 6.07) is 14.4. The van der Waals surface area contributed by atoms with E-state index in [1.165, 1.54) is 0 Å². The zero-order chi connectivity index (χ0) is 24.7. The third-order valence-corrected chi connectivity index (χ3v) is 6.80. The molecule has 3 aromatic rings. The number of nitrogens with zero attached hydrogens (tertiary/aromatic N) is 6. The van der Waals surface area contributed by atoms with E-state index in [1.54, 1.807) is 24.4 Å². The molecule has 1 aromatic heterocycles. The fourth-order valence-corrected chi connectivity index (χ4v) is 4.55. The molecule has 1 N–H and O–H groups in total. The first-order valence-corrected chi connectivity index (χ1v) is 12.9. The molecule has 0 aliphatic carbocycles. The van der Waals surface area contributed by atoms with Gasteiger partial charge >= 0.3 is 5.97 Å². The Morgan fingerprint density at radius 2 is 1.61 bits per heavy atom. The Balaban J connectivity index is 1.25. The third kappa shape index (κ3) is 6.08. The molecule has 2 aliphatic heterocycles. The van der Waals surface area contributed by atoms with Crippen LogP contribution in [0.15, 0.2) is 53.6 Å². The van der Waals surface area contributed by atoms with Crippen LogP contribution in [0.3, 0.4) is 0 Å². The summed E-state index contributed by atoms with van der Waals surface area (Å²) >= 11 is 2.12. The van der Waals surface area contributed by atoms with Crippen molar-refractivity contribution in [2.24, 2.45) is 5.10 Å². The molecule has 3 heterocycles. The quantitative estimate of drug-likeness (QED) is 0.144. The minimum Gasteiger partial charge on any atom is -0.423 e. The summed E-state index contributed by atoms with van der Waals surface area (Å²) in [7, 11) is 0. The van der Waals surface area contributed by atoms with E-state index in [2.05, 4.69) is 52.9 Å². The van der Waals surface area contributed by atoms with Crippen molar-refractivity contribution in [2.45, 2.75) is 12.8 Å². The molecule has 2 aliphatic rings. The number of nitrogens with one attached hydrogen (secondary N) is 1. The number of ether oxygens (including phenoxy) is 2. The van der Waals surface area contributed by atoms with Crippen LogP contribution in [0.4, 0.5) is 17.8 Å². The smallest absolute Gasteiger partial charge is 0.344 e. The summed E-state index contributed by atoms with van der Waals surface area (Å²) < 4.78 is 11.8. The molecule has 10 nitrogen and oxygen atoms in total. The van der Waals surface area contributed by atoms with Crippen molar-refractivity contribution in [3.8, 4) is 5.75 Å². The van der Waals surface area contributed by atoms with Crippen LogP contribution in [0.2, 0.25) is 0 Å². The molecule has 2 fully saturated rings. The average molecular weight is 599 g/mol. The highest BCUT2D eigenvalue weighted by Gasteiger charge is 2.21. The number of carbonyl (C=O) groups excluding carboxylic acids is 1. The molecule has 2 saturated heterocycles. The van der Waals surface area contributed by atoms with E-state index in [0.29, 0.717) is 42.4 Å². The standard InChI is InChI=1S/C25H26IN7O3/c26-21-6-2-1-5-20(21)22(34)36-19-9-7-18(8-10-19)17-27-31-23-28-24(32-11-3-4-12-32)30-25(29-23)33-13-15-35-16-14-33/h1-2,5-10,17H,3-4,11-16H2,(H,28,29,30,31)/b27-17-. The zero-order valence-corrected chi connectivity index (χ0v) is 21.8. The van der Waals surface area contributed by atoms with Gasteiger partial charge in [-0.2, -0.15) is 20.1 Å². The maximum absolute atomic E-state index is 12.4. The molecule has 11 heteroatoms. The highest BCUT2D eigenvalue weighted by molar-refractivity contribution is 14.1. The number of hydrogen-bond acceptors (Lipinski definition) is 10. The van der Waals surface area contributed by atoms with Crippen LogP contribution < -0.4 is 20.0 Å². The van der Waals surface area contributed by atoms with E-state index in [0.717, 1.165) is 48.2 Å². The fourth-order valence-electron chi connectivity index (χ4n) is 3.94. The van der Waals surface area contributed by atoms with E-state index < -0.39 is 0 Å². The first-order chi connectivity index (χ1) is 17.7. The Morgan fingerprint density at radius 3 is 2.31 bits per heavy atom. The summed E-state index contributed by atoms with van der Waals surface area (Å²) in [6.07, 6.45) is 3.93. The number of rotatable bonds is 7. The van der Waals surface area contributed by atoms with Gasteiger partial charge in [0.05, 0.1) is 25.0 Å². The molecule has 0 spiro atoms. The minimum atomic E-state index is -0.386. The van der Waals surface area contributed by atoms with Gasteiger partial charge in [0.15, 0.2) is 0 Å². The maximum atomic E-state index is 12.4. The van der Waals surface area contributed by atoms with Gasteiger partial charge in [-0.05, 0) is 77.4 Å². The lowest BCUT2D eigenvalue weighted by molar-refractivity contribution is 0.0733. The van der Waals surface area contributed by atoms with Crippen molar-refractivity contribution in [1.82, 2.24) is 15.0 Å². The highest BCUT2D eigenvalue weighted by atomic mass is 127. The van der Waals surface area contributed by atoms with Crippen molar-refractivity contribution >= 4 is 52.6 Å². The number of benzene rings is 2. The SMILES string of the molecule is O=C(Oc1ccc(/C=N\Nc2nc(N3CCCC3)nc(N3CCOCC3)n2)cc1)c1ccccc1I. The average Bonchev–Trinajstić information content (AvgIpc) is 3.46.